The molecule has 1 amide bonds. The minimum absolute atomic E-state index is 0.0779. The number of carbonyl (C=O) groups excluding carboxylic acids is 1. The van der Waals surface area contributed by atoms with Crippen LogP contribution in [0.4, 0.5) is 10.1 Å². The number of ether oxygens (including phenoxy) is 1. The highest BCUT2D eigenvalue weighted by atomic mass is 19.1. The summed E-state index contributed by atoms with van der Waals surface area (Å²) in [6.45, 7) is 11.5. The van der Waals surface area contributed by atoms with E-state index in [1.807, 2.05) is 38.3 Å². The van der Waals surface area contributed by atoms with E-state index in [1.54, 1.807) is 6.07 Å². The first-order chi connectivity index (χ1) is 13.4. The Kier molecular flexibility index (Phi) is 6.39. The second kappa shape index (κ2) is 8.78. The Hall–Kier alpha value is -2.34. The fourth-order valence-corrected chi connectivity index (χ4v) is 3.84. The zero-order chi connectivity index (χ0) is 20.3. The highest BCUT2D eigenvalue weighted by Gasteiger charge is 2.27. The number of nitrogens with one attached hydrogen (secondary N) is 1. The molecule has 0 radical (unpaired) electrons. The molecule has 3 rings (SSSR count). The van der Waals surface area contributed by atoms with E-state index >= 15 is 0 Å². The lowest BCUT2D eigenvalue weighted by Gasteiger charge is -2.29. The first-order valence-electron chi connectivity index (χ1n) is 10.00. The van der Waals surface area contributed by atoms with E-state index in [4.69, 9.17) is 4.74 Å². The zero-order valence-corrected chi connectivity index (χ0v) is 17.2. The number of hydrogen-bond donors (Lipinski definition) is 1. The molecule has 6 heteroatoms. The number of nitrogens with zero attached hydrogens (tertiary/aromatic N) is 2. The van der Waals surface area contributed by atoms with Crippen LogP contribution in [0, 0.1) is 19.7 Å². The molecule has 5 nitrogen and oxygen atoms in total. The standard InChI is InChI=1S/C22H30FN3O2/c1-5-15(2)24-22(27)21-16(3)20(25-9-11-28-12-10-25)17(4)26(21)14-18-7-6-8-19(23)13-18/h6-8,13,15H,5,9-12,14H2,1-4H3,(H,24,27)/t15-/m1/s1. The molecule has 1 aliphatic rings. The molecule has 1 aromatic carbocycles. The second-order valence-corrected chi connectivity index (χ2v) is 7.51. The summed E-state index contributed by atoms with van der Waals surface area (Å²) in [5, 5.41) is 3.09. The van der Waals surface area contributed by atoms with Crippen molar-refractivity contribution in [3.63, 3.8) is 0 Å². The minimum Gasteiger partial charge on any atom is -0.378 e. The van der Waals surface area contributed by atoms with Crippen molar-refractivity contribution in [3.8, 4) is 0 Å². The fraction of sp³-hybridized carbons (Fsp3) is 0.500. The highest BCUT2D eigenvalue weighted by Crippen LogP contribution is 2.32. The summed E-state index contributed by atoms with van der Waals surface area (Å²) in [6.07, 6.45) is 0.866. The molecule has 152 valence electrons. The Morgan fingerprint density at radius 1 is 1.29 bits per heavy atom. The largest absolute Gasteiger partial charge is 0.378 e. The fourth-order valence-electron chi connectivity index (χ4n) is 3.84. The number of morpholine rings is 1. The third-order valence-electron chi connectivity index (χ3n) is 5.49. The number of benzene rings is 1. The molecule has 1 fully saturated rings. The first kappa shape index (κ1) is 20.4. The summed E-state index contributed by atoms with van der Waals surface area (Å²) in [5.41, 5.74) is 4.58. The van der Waals surface area contributed by atoms with Gasteiger partial charge in [0.05, 0.1) is 18.9 Å². The number of halogens is 1. The minimum atomic E-state index is -0.266. The van der Waals surface area contributed by atoms with Crippen LogP contribution in [-0.2, 0) is 11.3 Å². The van der Waals surface area contributed by atoms with Gasteiger partial charge < -0.3 is 19.5 Å². The maximum atomic E-state index is 13.7. The van der Waals surface area contributed by atoms with E-state index in [1.165, 1.54) is 12.1 Å². The van der Waals surface area contributed by atoms with Gasteiger partial charge in [-0.1, -0.05) is 19.1 Å². The lowest BCUT2D eigenvalue weighted by Crippen LogP contribution is -2.37. The molecule has 2 heterocycles. The second-order valence-electron chi connectivity index (χ2n) is 7.51. The summed E-state index contributed by atoms with van der Waals surface area (Å²) in [6, 6.07) is 6.66. The molecule has 2 aromatic rings. The van der Waals surface area contributed by atoms with Crippen LogP contribution in [-0.4, -0.2) is 42.8 Å². The Balaban J connectivity index is 2.05. The molecule has 0 saturated carbocycles. The predicted octanol–water partition coefficient (Wildman–Crippen LogP) is 3.66. The quantitative estimate of drug-likeness (QED) is 0.823. The van der Waals surface area contributed by atoms with Crippen LogP contribution in [0.15, 0.2) is 24.3 Å². The number of amides is 1. The molecule has 1 aliphatic heterocycles. The van der Waals surface area contributed by atoms with Crippen molar-refractivity contribution in [2.75, 3.05) is 31.2 Å². The Morgan fingerprint density at radius 2 is 2.00 bits per heavy atom. The van der Waals surface area contributed by atoms with Gasteiger partial charge in [-0.3, -0.25) is 4.79 Å². The van der Waals surface area contributed by atoms with Crippen LogP contribution in [0.3, 0.4) is 0 Å². The smallest absolute Gasteiger partial charge is 0.268 e. The maximum Gasteiger partial charge on any atom is 0.268 e. The van der Waals surface area contributed by atoms with Crippen molar-refractivity contribution >= 4 is 11.6 Å². The molecular weight excluding hydrogens is 357 g/mol. The van der Waals surface area contributed by atoms with Gasteiger partial charge in [-0.2, -0.15) is 0 Å². The van der Waals surface area contributed by atoms with Crippen molar-refractivity contribution in [2.24, 2.45) is 0 Å². The number of aromatic nitrogens is 1. The van der Waals surface area contributed by atoms with Gasteiger partial charge in [0.2, 0.25) is 0 Å². The maximum absolute atomic E-state index is 13.7. The Bertz CT molecular complexity index is 841. The van der Waals surface area contributed by atoms with Gasteiger partial charge in [0.1, 0.15) is 11.5 Å². The van der Waals surface area contributed by atoms with E-state index in [9.17, 15) is 9.18 Å². The van der Waals surface area contributed by atoms with Crippen LogP contribution >= 0.6 is 0 Å². The van der Waals surface area contributed by atoms with Gasteiger partial charge in [0, 0.05) is 36.9 Å². The Morgan fingerprint density at radius 3 is 2.64 bits per heavy atom. The van der Waals surface area contributed by atoms with Gasteiger partial charge in [-0.05, 0) is 44.9 Å². The molecule has 1 saturated heterocycles. The molecule has 0 bridgehead atoms. The van der Waals surface area contributed by atoms with Gasteiger partial charge in [0.25, 0.3) is 5.91 Å². The lowest BCUT2D eigenvalue weighted by molar-refractivity contribution is 0.0929. The monoisotopic (exact) mass is 387 g/mol. The van der Waals surface area contributed by atoms with Crippen molar-refractivity contribution in [1.82, 2.24) is 9.88 Å². The normalized spacial score (nSPS) is 15.5. The lowest BCUT2D eigenvalue weighted by atomic mass is 10.1. The van der Waals surface area contributed by atoms with Gasteiger partial charge in [0.15, 0.2) is 0 Å². The predicted molar refractivity (Wildman–Crippen MR) is 110 cm³/mol. The number of anilines is 1. The molecule has 0 unspecified atom stereocenters. The van der Waals surface area contributed by atoms with Crippen LogP contribution in [0.25, 0.3) is 0 Å². The average molecular weight is 387 g/mol. The van der Waals surface area contributed by atoms with Crippen molar-refractivity contribution in [2.45, 2.75) is 46.7 Å². The number of carbonyl (C=O) groups is 1. The summed E-state index contributed by atoms with van der Waals surface area (Å²) >= 11 is 0. The van der Waals surface area contributed by atoms with Crippen LogP contribution in [0.2, 0.25) is 0 Å². The molecule has 1 N–H and O–H groups in total. The highest BCUT2D eigenvalue weighted by molar-refractivity contribution is 5.96. The molecule has 0 spiro atoms. The van der Waals surface area contributed by atoms with Gasteiger partial charge in [-0.15, -0.1) is 0 Å². The van der Waals surface area contributed by atoms with E-state index < -0.39 is 0 Å². The van der Waals surface area contributed by atoms with Crippen molar-refractivity contribution in [3.05, 3.63) is 52.6 Å². The number of rotatable bonds is 6. The first-order valence-corrected chi connectivity index (χ1v) is 10.00. The van der Waals surface area contributed by atoms with Crippen molar-refractivity contribution in [1.29, 1.82) is 0 Å². The topological polar surface area (TPSA) is 46.5 Å². The van der Waals surface area contributed by atoms with Crippen LogP contribution in [0.1, 0.15) is 47.6 Å². The third kappa shape index (κ3) is 4.22. The summed E-state index contributed by atoms with van der Waals surface area (Å²) < 4.78 is 21.2. The van der Waals surface area contributed by atoms with E-state index in [-0.39, 0.29) is 17.8 Å². The summed E-state index contributed by atoms with van der Waals surface area (Å²) in [5.74, 6) is -0.344. The van der Waals surface area contributed by atoms with Gasteiger partial charge in [-0.25, -0.2) is 4.39 Å². The molecular formula is C22H30FN3O2. The summed E-state index contributed by atoms with van der Waals surface area (Å²) in [4.78, 5) is 15.4. The molecule has 0 aliphatic carbocycles. The number of hydrogen-bond acceptors (Lipinski definition) is 3. The molecule has 1 aromatic heterocycles. The third-order valence-corrected chi connectivity index (χ3v) is 5.49. The van der Waals surface area contributed by atoms with Crippen molar-refractivity contribution < 1.29 is 13.9 Å². The van der Waals surface area contributed by atoms with E-state index in [0.717, 1.165) is 42.0 Å². The molecule has 28 heavy (non-hydrogen) atoms. The SMILES string of the molecule is CC[C@@H](C)NC(=O)c1c(C)c(N2CCOCC2)c(C)n1Cc1cccc(F)c1. The summed E-state index contributed by atoms with van der Waals surface area (Å²) in [7, 11) is 0. The molecule has 1 atom stereocenters. The Labute approximate surface area is 166 Å². The average Bonchev–Trinajstić information content (AvgIpc) is 2.92. The van der Waals surface area contributed by atoms with Crippen LogP contribution < -0.4 is 10.2 Å². The van der Waals surface area contributed by atoms with E-state index in [0.29, 0.717) is 25.5 Å². The zero-order valence-electron chi connectivity index (χ0n) is 17.2. The van der Waals surface area contributed by atoms with Gasteiger partial charge >= 0.3 is 0 Å². The van der Waals surface area contributed by atoms with Crippen LogP contribution in [0.5, 0.6) is 0 Å². The van der Waals surface area contributed by atoms with E-state index in [2.05, 4.69) is 10.2 Å².